The molecular formula is C15H14Cl2FN. The number of halogens is 3. The summed E-state index contributed by atoms with van der Waals surface area (Å²) in [5.41, 5.74) is 1.89. The maximum absolute atomic E-state index is 13.0. The molecule has 2 rings (SSSR count). The Morgan fingerprint density at radius 1 is 1.11 bits per heavy atom. The van der Waals surface area contributed by atoms with Crippen LogP contribution in [-0.4, -0.2) is 0 Å². The summed E-state index contributed by atoms with van der Waals surface area (Å²) in [5.74, 6) is -0.327. The number of nitrogens with one attached hydrogen (secondary N) is 1. The van der Waals surface area contributed by atoms with Crippen molar-refractivity contribution < 1.29 is 4.39 Å². The Morgan fingerprint density at radius 3 is 2.53 bits per heavy atom. The molecule has 0 radical (unpaired) electrons. The summed E-state index contributed by atoms with van der Waals surface area (Å²) in [6, 6.07) is 12.1. The molecule has 0 spiro atoms. The normalized spacial score (nSPS) is 12.4. The monoisotopic (exact) mass is 297 g/mol. The van der Waals surface area contributed by atoms with Crippen molar-refractivity contribution in [3.05, 3.63) is 69.5 Å². The summed E-state index contributed by atoms with van der Waals surface area (Å²) >= 11 is 12.1. The summed E-state index contributed by atoms with van der Waals surface area (Å²) in [6.45, 7) is 2.62. The second-order valence-corrected chi connectivity index (χ2v) is 5.17. The van der Waals surface area contributed by atoms with Gasteiger partial charge in [-0.15, -0.1) is 0 Å². The van der Waals surface area contributed by atoms with Crippen molar-refractivity contribution in [2.24, 2.45) is 0 Å². The second-order valence-electron chi connectivity index (χ2n) is 4.36. The first-order chi connectivity index (χ1) is 9.08. The largest absolute Gasteiger partial charge is 0.306 e. The highest BCUT2D eigenvalue weighted by Crippen LogP contribution is 2.24. The zero-order valence-electron chi connectivity index (χ0n) is 10.5. The Labute approximate surface area is 122 Å². The number of benzene rings is 2. The fourth-order valence-corrected chi connectivity index (χ4v) is 2.40. The molecule has 0 aliphatic carbocycles. The van der Waals surface area contributed by atoms with Gasteiger partial charge < -0.3 is 5.32 Å². The highest BCUT2D eigenvalue weighted by molar-refractivity contribution is 6.31. The van der Waals surface area contributed by atoms with Crippen molar-refractivity contribution in [3.63, 3.8) is 0 Å². The van der Waals surface area contributed by atoms with E-state index in [-0.39, 0.29) is 11.9 Å². The van der Waals surface area contributed by atoms with E-state index in [1.54, 1.807) is 6.07 Å². The van der Waals surface area contributed by atoms with Gasteiger partial charge in [0.1, 0.15) is 5.82 Å². The highest BCUT2D eigenvalue weighted by atomic mass is 35.5. The lowest BCUT2D eigenvalue weighted by atomic mass is 10.1. The van der Waals surface area contributed by atoms with Gasteiger partial charge in [0.25, 0.3) is 0 Å². The fourth-order valence-electron chi connectivity index (χ4n) is 1.87. The molecular weight excluding hydrogens is 284 g/mol. The Hall–Kier alpha value is -1.09. The minimum atomic E-state index is -0.327. The van der Waals surface area contributed by atoms with Crippen LogP contribution < -0.4 is 5.32 Å². The quantitative estimate of drug-likeness (QED) is 0.839. The lowest BCUT2D eigenvalue weighted by molar-refractivity contribution is 0.571. The van der Waals surface area contributed by atoms with E-state index >= 15 is 0 Å². The molecule has 0 bridgehead atoms. The van der Waals surface area contributed by atoms with Crippen molar-refractivity contribution in [1.29, 1.82) is 0 Å². The Balaban J connectivity index is 2.05. The molecule has 1 N–H and O–H groups in total. The van der Waals surface area contributed by atoms with Crippen LogP contribution in [0.25, 0.3) is 0 Å². The number of rotatable bonds is 4. The zero-order valence-corrected chi connectivity index (χ0v) is 12.0. The molecule has 0 fully saturated rings. The summed E-state index contributed by atoms with van der Waals surface area (Å²) in [4.78, 5) is 0. The van der Waals surface area contributed by atoms with E-state index in [9.17, 15) is 4.39 Å². The van der Waals surface area contributed by atoms with E-state index in [4.69, 9.17) is 23.2 Å². The third-order valence-corrected chi connectivity index (χ3v) is 3.68. The molecule has 0 aliphatic rings. The Bertz CT molecular complexity index is 572. The van der Waals surface area contributed by atoms with Gasteiger partial charge in [-0.25, -0.2) is 4.39 Å². The molecule has 0 saturated carbocycles. The molecule has 0 saturated heterocycles. The van der Waals surface area contributed by atoms with Gasteiger partial charge in [-0.1, -0.05) is 47.5 Å². The van der Waals surface area contributed by atoms with Crippen LogP contribution >= 0.6 is 23.2 Å². The molecule has 0 aromatic heterocycles. The lowest BCUT2D eigenvalue weighted by Crippen LogP contribution is -2.18. The molecule has 100 valence electrons. The van der Waals surface area contributed by atoms with Crippen LogP contribution in [0.1, 0.15) is 24.1 Å². The Kier molecular flexibility index (Phi) is 4.81. The maximum Gasteiger partial charge on any atom is 0.124 e. The minimum absolute atomic E-state index is 0.0179. The van der Waals surface area contributed by atoms with Gasteiger partial charge in [0.05, 0.1) is 0 Å². The second kappa shape index (κ2) is 6.38. The molecule has 0 aliphatic heterocycles. The van der Waals surface area contributed by atoms with Gasteiger partial charge in [-0.3, -0.25) is 0 Å². The van der Waals surface area contributed by atoms with Crippen LogP contribution in [0.4, 0.5) is 4.39 Å². The van der Waals surface area contributed by atoms with Crippen LogP contribution in [0, 0.1) is 5.82 Å². The summed E-state index contributed by atoms with van der Waals surface area (Å²) in [6.07, 6.45) is 0. The van der Waals surface area contributed by atoms with Crippen LogP contribution in [0.3, 0.4) is 0 Å². The van der Waals surface area contributed by atoms with Gasteiger partial charge in [0.15, 0.2) is 0 Å². The third-order valence-electron chi connectivity index (χ3n) is 2.99. The zero-order chi connectivity index (χ0) is 13.8. The average molecular weight is 298 g/mol. The van der Waals surface area contributed by atoms with Crippen LogP contribution in [0.2, 0.25) is 10.0 Å². The molecule has 2 aromatic carbocycles. The Morgan fingerprint density at radius 2 is 1.84 bits per heavy atom. The van der Waals surface area contributed by atoms with E-state index in [1.807, 2.05) is 31.2 Å². The first-order valence-electron chi connectivity index (χ1n) is 5.99. The maximum atomic E-state index is 13.0. The topological polar surface area (TPSA) is 12.0 Å². The van der Waals surface area contributed by atoms with E-state index < -0.39 is 0 Å². The summed E-state index contributed by atoms with van der Waals surface area (Å²) in [7, 11) is 0. The van der Waals surface area contributed by atoms with Crippen molar-refractivity contribution in [3.8, 4) is 0 Å². The van der Waals surface area contributed by atoms with E-state index in [2.05, 4.69) is 5.32 Å². The molecule has 1 atom stereocenters. The van der Waals surface area contributed by atoms with Crippen molar-refractivity contribution in [2.75, 3.05) is 0 Å². The van der Waals surface area contributed by atoms with Crippen LogP contribution in [0.5, 0.6) is 0 Å². The molecule has 19 heavy (non-hydrogen) atoms. The van der Waals surface area contributed by atoms with Crippen LogP contribution in [0.15, 0.2) is 42.5 Å². The molecule has 4 heteroatoms. The highest BCUT2D eigenvalue weighted by Gasteiger charge is 2.10. The predicted molar refractivity (Wildman–Crippen MR) is 78.1 cm³/mol. The van der Waals surface area contributed by atoms with E-state index in [0.717, 1.165) is 16.1 Å². The molecule has 1 nitrogen and oxygen atoms in total. The standard InChI is InChI=1S/C15H14Cl2FN/c1-10(13-7-6-12(18)8-15(13)17)19-9-11-4-2-3-5-14(11)16/h2-8,10,19H,9H2,1H3. The van der Waals surface area contributed by atoms with Crippen molar-refractivity contribution in [2.45, 2.75) is 19.5 Å². The predicted octanol–water partition coefficient (Wildman–Crippen LogP) is 4.98. The molecule has 0 amide bonds. The smallest absolute Gasteiger partial charge is 0.124 e. The molecule has 2 aromatic rings. The van der Waals surface area contributed by atoms with E-state index in [0.29, 0.717) is 11.6 Å². The van der Waals surface area contributed by atoms with Crippen molar-refractivity contribution in [1.82, 2.24) is 5.32 Å². The number of hydrogen-bond acceptors (Lipinski definition) is 1. The molecule has 1 unspecified atom stereocenters. The lowest BCUT2D eigenvalue weighted by Gasteiger charge is -2.16. The van der Waals surface area contributed by atoms with Gasteiger partial charge in [0.2, 0.25) is 0 Å². The average Bonchev–Trinajstić information content (AvgIpc) is 2.37. The summed E-state index contributed by atoms with van der Waals surface area (Å²) in [5, 5.41) is 4.48. The molecule has 0 heterocycles. The van der Waals surface area contributed by atoms with Crippen LogP contribution in [-0.2, 0) is 6.54 Å². The SMILES string of the molecule is CC(NCc1ccccc1Cl)c1ccc(F)cc1Cl. The first kappa shape index (κ1) is 14.3. The minimum Gasteiger partial charge on any atom is -0.306 e. The van der Waals surface area contributed by atoms with Gasteiger partial charge >= 0.3 is 0 Å². The fraction of sp³-hybridized carbons (Fsp3) is 0.200. The first-order valence-corrected chi connectivity index (χ1v) is 6.75. The van der Waals surface area contributed by atoms with Gasteiger partial charge in [-0.05, 0) is 36.2 Å². The van der Waals surface area contributed by atoms with E-state index in [1.165, 1.54) is 12.1 Å². The number of hydrogen-bond donors (Lipinski definition) is 1. The van der Waals surface area contributed by atoms with Crippen molar-refractivity contribution >= 4 is 23.2 Å². The summed E-state index contributed by atoms with van der Waals surface area (Å²) < 4.78 is 13.0. The van der Waals surface area contributed by atoms with Gasteiger partial charge in [-0.2, -0.15) is 0 Å². The third kappa shape index (κ3) is 3.69. The van der Waals surface area contributed by atoms with Gasteiger partial charge in [0, 0.05) is 22.6 Å².